The zero-order chi connectivity index (χ0) is 15.1. The van der Waals surface area contributed by atoms with E-state index in [0.29, 0.717) is 17.9 Å². The van der Waals surface area contributed by atoms with Crippen LogP contribution in [0.25, 0.3) is 0 Å². The molecule has 3 N–H and O–H groups in total. The molecule has 0 aromatic carbocycles. The first kappa shape index (κ1) is 19.2. The SMILES string of the molecule is CCN1CCCC1CNC(N)=NCC(C)Cn1cccn1.I. The first-order chi connectivity index (χ1) is 10.2. The van der Waals surface area contributed by atoms with Gasteiger partial charge in [0.1, 0.15) is 0 Å². The van der Waals surface area contributed by atoms with Gasteiger partial charge in [0.05, 0.1) is 0 Å². The lowest BCUT2D eigenvalue weighted by Gasteiger charge is -2.23. The quantitative estimate of drug-likeness (QED) is 0.399. The Morgan fingerprint density at radius 2 is 2.36 bits per heavy atom. The number of likely N-dealkylation sites (tertiary alicyclic amines) is 1. The Balaban J connectivity index is 0.00000242. The number of nitrogens with one attached hydrogen (secondary N) is 1. The Hall–Kier alpha value is -0.830. The van der Waals surface area contributed by atoms with Crippen molar-refractivity contribution < 1.29 is 0 Å². The van der Waals surface area contributed by atoms with Gasteiger partial charge in [0.15, 0.2) is 5.96 Å². The maximum absolute atomic E-state index is 5.96. The summed E-state index contributed by atoms with van der Waals surface area (Å²) in [4.78, 5) is 6.94. The van der Waals surface area contributed by atoms with Crippen LogP contribution in [0.5, 0.6) is 0 Å². The number of hydrogen-bond donors (Lipinski definition) is 2. The summed E-state index contributed by atoms with van der Waals surface area (Å²) in [5.41, 5.74) is 5.96. The maximum Gasteiger partial charge on any atom is 0.188 e. The van der Waals surface area contributed by atoms with Crippen LogP contribution in [0.1, 0.15) is 26.7 Å². The van der Waals surface area contributed by atoms with Crippen LogP contribution in [0.2, 0.25) is 0 Å². The molecule has 0 amide bonds. The minimum absolute atomic E-state index is 0. The molecule has 1 aromatic rings. The number of guanidine groups is 1. The molecule has 126 valence electrons. The zero-order valence-corrected chi connectivity index (χ0v) is 15.9. The van der Waals surface area contributed by atoms with Gasteiger partial charge in [0, 0.05) is 38.1 Å². The third kappa shape index (κ3) is 6.12. The van der Waals surface area contributed by atoms with Crippen LogP contribution in [-0.2, 0) is 6.54 Å². The third-order valence-corrected chi connectivity index (χ3v) is 4.06. The third-order valence-electron chi connectivity index (χ3n) is 4.06. The number of likely N-dealkylation sites (N-methyl/N-ethyl adjacent to an activating group) is 1. The average Bonchev–Trinajstić information content (AvgIpc) is 3.13. The largest absolute Gasteiger partial charge is 0.370 e. The highest BCUT2D eigenvalue weighted by Crippen LogP contribution is 2.15. The average molecular weight is 420 g/mol. The van der Waals surface area contributed by atoms with Crippen molar-refractivity contribution in [1.29, 1.82) is 0 Å². The predicted octanol–water partition coefficient (Wildman–Crippen LogP) is 1.53. The van der Waals surface area contributed by atoms with Crippen LogP contribution in [0.4, 0.5) is 0 Å². The standard InChI is InChI=1S/C15H28N6.HI/c1-3-20-8-4-6-14(20)11-18-15(16)17-10-13(2)12-21-9-5-7-19-21;/h5,7,9,13-14H,3-4,6,8,10-12H2,1-2H3,(H3,16,17,18);1H. The zero-order valence-electron chi connectivity index (χ0n) is 13.6. The van der Waals surface area contributed by atoms with Crippen molar-refractivity contribution in [3.05, 3.63) is 18.5 Å². The van der Waals surface area contributed by atoms with E-state index in [1.807, 2.05) is 16.9 Å². The molecule has 6 nitrogen and oxygen atoms in total. The molecule has 1 aromatic heterocycles. The molecule has 2 heterocycles. The van der Waals surface area contributed by atoms with Crippen LogP contribution >= 0.6 is 24.0 Å². The maximum atomic E-state index is 5.96. The molecule has 0 radical (unpaired) electrons. The highest BCUT2D eigenvalue weighted by Gasteiger charge is 2.22. The van der Waals surface area contributed by atoms with Crippen molar-refractivity contribution in [2.45, 2.75) is 39.3 Å². The molecule has 7 heteroatoms. The van der Waals surface area contributed by atoms with Gasteiger partial charge in [-0.1, -0.05) is 13.8 Å². The van der Waals surface area contributed by atoms with Crippen LogP contribution in [0.3, 0.4) is 0 Å². The van der Waals surface area contributed by atoms with E-state index in [-0.39, 0.29) is 24.0 Å². The molecule has 1 aliphatic rings. The van der Waals surface area contributed by atoms with Gasteiger partial charge in [0.2, 0.25) is 0 Å². The number of rotatable bonds is 7. The van der Waals surface area contributed by atoms with Gasteiger partial charge in [-0.2, -0.15) is 5.10 Å². The van der Waals surface area contributed by atoms with E-state index < -0.39 is 0 Å². The van der Waals surface area contributed by atoms with Crippen LogP contribution in [0.15, 0.2) is 23.5 Å². The highest BCUT2D eigenvalue weighted by atomic mass is 127. The Kier molecular flexibility index (Phi) is 8.77. The molecular formula is C15H29IN6. The summed E-state index contributed by atoms with van der Waals surface area (Å²) in [6.45, 7) is 9.19. The molecule has 2 rings (SSSR count). The van der Waals surface area contributed by atoms with Crippen molar-refractivity contribution in [1.82, 2.24) is 20.0 Å². The van der Waals surface area contributed by atoms with Crippen molar-refractivity contribution >= 4 is 29.9 Å². The first-order valence-electron chi connectivity index (χ1n) is 7.94. The Bertz CT molecular complexity index is 433. The summed E-state index contributed by atoms with van der Waals surface area (Å²) < 4.78 is 1.93. The minimum atomic E-state index is 0. The summed E-state index contributed by atoms with van der Waals surface area (Å²) in [7, 11) is 0. The molecule has 0 saturated carbocycles. The van der Waals surface area contributed by atoms with E-state index in [2.05, 4.69) is 34.2 Å². The summed E-state index contributed by atoms with van der Waals surface area (Å²) >= 11 is 0. The molecule has 0 bridgehead atoms. The predicted molar refractivity (Wildman–Crippen MR) is 102 cm³/mol. The number of aliphatic imine (C=N–C) groups is 1. The van der Waals surface area contributed by atoms with Crippen molar-refractivity contribution in [2.75, 3.05) is 26.2 Å². The van der Waals surface area contributed by atoms with E-state index in [4.69, 9.17) is 5.73 Å². The van der Waals surface area contributed by atoms with Gasteiger partial charge in [-0.25, -0.2) is 0 Å². The number of nitrogens with zero attached hydrogens (tertiary/aromatic N) is 4. The van der Waals surface area contributed by atoms with Gasteiger partial charge < -0.3 is 11.1 Å². The summed E-state index contributed by atoms with van der Waals surface area (Å²) in [5.74, 6) is 0.981. The number of halogens is 1. The fraction of sp³-hybridized carbons (Fsp3) is 0.733. The van der Waals surface area contributed by atoms with E-state index in [0.717, 1.165) is 26.2 Å². The molecule has 2 atom stereocenters. The summed E-state index contributed by atoms with van der Waals surface area (Å²) in [5, 5.41) is 7.47. The second-order valence-electron chi connectivity index (χ2n) is 5.86. The smallest absolute Gasteiger partial charge is 0.188 e. The van der Waals surface area contributed by atoms with E-state index in [1.54, 1.807) is 6.20 Å². The van der Waals surface area contributed by atoms with Crippen molar-refractivity contribution in [3.63, 3.8) is 0 Å². The Morgan fingerprint density at radius 3 is 3.05 bits per heavy atom. The molecule has 22 heavy (non-hydrogen) atoms. The lowest BCUT2D eigenvalue weighted by atomic mass is 10.2. The fourth-order valence-corrected chi connectivity index (χ4v) is 2.86. The van der Waals surface area contributed by atoms with Gasteiger partial charge >= 0.3 is 0 Å². The second kappa shape index (κ2) is 10.0. The van der Waals surface area contributed by atoms with E-state index in [9.17, 15) is 0 Å². The van der Waals surface area contributed by atoms with Crippen molar-refractivity contribution in [3.8, 4) is 0 Å². The fourth-order valence-electron chi connectivity index (χ4n) is 2.86. The van der Waals surface area contributed by atoms with Crippen LogP contribution in [0, 0.1) is 5.92 Å². The Morgan fingerprint density at radius 1 is 1.55 bits per heavy atom. The van der Waals surface area contributed by atoms with Crippen LogP contribution < -0.4 is 11.1 Å². The van der Waals surface area contributed by atoms with Crippen molar-refractivity contribution in [2.24, 2.45) is 16.6 Å². The number of aromatic nitrogens is 2. The number of nitrogens with two attached hydrogens (primary N) is 1. The summed E-state index contributed by atoms with van der Waals surface area (Å²) in [6.07, 6.45) is 6.32. The lowest BCUT2D eigenvalue weighted by Crippen LogP contribution is -2.42. The topological polar surface area (TPSA) is 71.5 Å². The van der Waals surface area contributed by atoms with Crippen LogP contribution in [-0.4, -0.2) is 52.9 Å². The van der Waals surface area contributed by atoms with Gasteiger partial charge in [-0.05, 0) is 37.9 Å². The molecule has 2 unspecified atom stereocenters. The normalized spacial score (nSPS) is 20.6. The molecule has 1 aliphatic heterocycles. The van der Waals surface area contributed by atoms with E-state index in [1.165, 1.54) is 19.4 Å². The minimum Gasteiger partial charge on any atom is -0.370 e. The molecular weight excluding hydrogens is 391 g/mol. The lowest BCUT2D eigenvalue weighted by molar-refractivity contribution is 0.267. The molecule has 0 spiro atoms. The summed E-state index contributed by atoms with van der Waals surface area (Å²) in [6, 6.07) is 2.54. The molecule has 1 fully saturated rings. The van der Waals surface area contributed by atoms with Gasteiger partial charge in [0.25, 0.3) is 0 Å². The number of hydrogen-bond acceptors (Lipinski definition) is 3. The molecule has 0 aliphatic carbocycles. The Labute approximate surface area is 150 Å². The molecule has 1 saturated heterocycles. The monoisotopic (exact) mass is 420 g/mol. The highest BCUT2D eigenvalue weighted by molar-refractivity contribution is 14.0. The first-order valence-corrected chi connectivity index (χ1v) is 7.94. The second-order valence-corrected chi connectivity index (χ2v) is 5.86. The van der Waals surface area contributed by atoms with Gasteiger partial charge in [-0.3, -0.25) is 14.6 Å². The van der Waals surface area contributed by atoms with E-state index >= 15 is 0 Å². The van der Waals surface area contributed by atoms with Gasteiger partial charge in [-0.15, -0.1) is 24.0 Å².